The molecular formula is C19H29N9S. The van der Waals surface area contributed by atoms with Crippen molar-refractivity contribution in [3.05, 3.63) is 36.0 Å². The number of thioether (sulfide) groups is 1. The quantitative estimate of drug-likeness (QED) is 0.239. The highest BCUT2D eigenvalue weighted by molar-refractivity contribution is 7.98. The first-order chi connectivity index (χ1) is 14.1. The van der Waals surface area contributed by atoms with Crippen molar-refractivity contribution >= 4 is 23.4 Å². The average molecular weight is 416 g/mol. The molecule has 10 heteroatoms. The smallest absolute Gasteiger partial charge is 0.191 e. The summed E-state index contributed by atoms with van der Waals surface area (Å²) in [5.74, 6) is 3.19. The Morgan fingerprint density at radius 3 is 2.72 bits per heavy atom. The van der Waals surface area contributed by atoms with Crippen LogP contribution >= 0.6 is 11.8 Å². The number of nitrogens with zero attached hydrogens (tertiary/aromatic N) is 7. The van der Waals surface area contributed by atoms with Crippen molar-refractivity contribution in [1.82, 2.24) is 40.0 Å². The number of nitrogens with one attached hydrogen (secondary N) is 2. The van der Waals surface area contributed by atoms with Crippen LogP contribution in [0.5, 0.6) is 0 Å². The molecule has 0 aliphatic heterocycles. The van der Waals surface area contributed by atoms with Gasteiger partial charge in [0.15, 0.2) is 22.6 Å². The zero-order valence-electron chi connectivity index (χ0n) is 17.5. The molecule has 2 N–H and O–H groups in total. The topological polar surface area (TPSA) is 97.3 Å². The van der Waals surface area contributed by atoms with E-state index in [1.807, 2.05) is 35.1 Å². The largest absolute Gasteiger partial charge is 0.356 e. The first kappa shape index (κ1) is 21.1. The van der Waals surface area contributed by atoms with Crippen molar-refractivity contribution in [1.29, 1.82) is 0 Å². The number of hydrogen-bond acceptors (Lipinski definition) is 6. The van der Waals surface area contributed by atoms with Crippen LogP contribution < -0.4 is 10.6 Å². The zero-order valence-corrected chi connectivity index (χ0v) is 18.3. The molecule has 0 spiro atoms. The van der Waals surface area contributed by atoms with Gasteiger partial charge in [-0.25, -0.2) is 0 Å². The van der Waals surface area contributed by atoms with Gasteiger partial charge in [-0.2, -0.15) is 0 Å². The Hall–Kier alpha value is -2.62. The fraction of sp³-hybridized carbons (Fsp3) is 0.526. The molecule has 3 aromatic heterocycles. The minimum Gasteiger partial charge on any atom is -0.356 e. The molecular weight excluding hydrogens is 386 g/mol. The molecule has 0 atom stereocenters. The van der Waals surface area contributed by atoms with Crippen molar-refractivity contribution in [2.24, 2.45) is 10.9 Å². The number of fused-ring (bicyclic) bond motifs is 1. The minimum atomic E-state index is 0.546. The van der Waals surface area contributed by atoms with Crippen molar-refractivity contribution < 1.29 is 0 Å². The highest BCUT2D eigenvalue weighted by Crippen LogP contribution is 2.16. The summed E-state index contributed by atoms with van der Waals surface area (Å²) in [6, 6.07) is 5.85. The molecule has 0 radical (unpaired) electrons. The third-order valence-corrected chi connectivity index (χ3v) is 5.08. The Kier molecular flexibility index (Phi) is 7.45. The second kappa shape index (κ2) is 10.2. The Bertz CT molecular complexity index is 944. The first-order valence-corrected chi connectivity index (χ1v) is 11.0. The average Bonchev–Trinajstić information content (AvgIpc) is 3.31. The van der Waals surface area contributed by atoms with Gasteiger partial charge < -0.3 is 15.2 Å². The minimum absolute atomic E-state index is 0.546. The number of hydrogen-bond donors (Lipinski definition) is 2. The van der Waals surface area contributed by atoms with Crippen LogP contribution in [0.1, 0.15) is 31.9 Å². The van der Waals surface area contributed by atoms with Crippen molar-refractivity contribution in [2.75, 3.05) is 19.8 Å². The number of guanidine groups is 1. The molecule has 0 aromatic carbocycles. The monoisotopic (exact) mass is 415 g/mol. The molecule has 9 nitrogen and oxygen atoms in total. The van der Waals surface area contributed by atoms with Gasteiger partial charge in [-0.3, -0.25) is 9.39 Å². The van der Waals surface area contributed by atoms with E-state index in [2.05, 4.69) is 54.4 Å². The third kappa shape index (κ3) is 5.47. The van der Waals surface area contributed by atoms with Crippen LogP contribution in [0.15, 0.2) is 34.5 Å². The van der Waals surface area contributed by atoms with Crippen molar-refractivity contribution in [3.63, 3.8) is 0 Å². The van der Waals surface area contributed by atoms with E-state index in [0.29, 0.717) is 12.5 Å². The molecule has 0 amide bonds. The molecule has 156 valence electrons. The maximum absolute atomic E-state index is 4.38. The van der Waals surface area contributed by atoms with E-state index in [0.717, 1.165) is 54.3 Å². The van der Waals surface area contributed by atoms with Gasteiger partial charge in [0, 0.05) is 32.8 Å². The zero-order chi connectivity index (χ0) is 20.6. The van der Waals surface area contributed by atoms with Gasteiger partial charge in [-0.05, 0) is 30.7 Å². The molecule has 0 aliphatic carbocycles. The number of aromatic nitrogens is 6. The van der Waals surface area contributed by atoms with Crippen LogP contribution in [0.25, 0.3) is 5.65 Å². The van der Waals surface area contributed by atoms with Gasteiger partial charge in [0.25, 0.3) is 0 Å². The predicted octanol–water partition coefficient (Wildman–Crippen LogP) is 2.00. The van der Waals surface area contributed by atoms with Gasteiger partial charge in [-0.1, -0.05) is 31.7 Å². The summed E-state index contributed by atoms with van der Waals surface area (Å²) < 4.78 is 4.20. The van der Waals surface area contributed by atoms with E-state index < -0.39 is 0 Å². The summed E-state index contributed by atoms with van der Waals surface area (Å²) in [5.41, 5.74) is 0.836. The van der Waals surface area contributed by atoms with Gasteiger partial charge in [-0.15, -0.1) is 20.4 Å². The van der Waals surface area contributed by atoms with E-state index in [1.54, 1.807) is 18.8 Å². The number of aryl methyl sites for hydroxylation is 1. The molecule has 3 aromatic rings. The van der Waals surface area contributed by atoms with Crippen LogP contribution in [-0.2, 0) is 19.5 Å². The predicted molar refractivity (Wildman–Crippen MR) is 116 cm³/mol. The molecule has 29 heavy (non-hydrogen) atoms. The van der Waals surface area contributed by atoms with Crippen molar-refractivity contribution in [2.45, 2.75) is 44.9 Å². The molecule has 0 fully saturated rings. The van der Waals surface area contributed by atoms with Gasteiger partial charge in [0.2, 0.25) is 0 Å². The molecule has 0 bridgehead atoms. The highest BCUT2D eigenvalue weighted by Gasteiger charge is 2.12. The molecule has 0 saturated heterocycles. The molecule has 0 unspecified atom stereocenters. The molecule has 3 heterocycles. The van der Waals surface area contributed by atoms with E-state index in [1.165, 1.54) is 0 Å². The van der Waals surface area contributed by atoms with Gasteiger partial charge in [0.05, 0.1) is 6.54 Å². The Balaban J connectivity index is 1.47. The summed E-state index contributed by atoms with van der Waals surface area (Å²) in [7, 11) is 1.77. The third-order valence-electron chi connectivity index (χ3n) is 4.42. The normalized spacial score (nSPS) is 12.1. The second-order valence-electron chi connectivity index (χ2n) is 7.11. The first-order valence-electron chi connectivity index (χ1n) is 9.81. The maximum atomic E-state index is 4.38. The summed E-state index contributed by atoms with van der Waals surface area (Å²) in [4.78, 5) is 4.29. The van der Waals surface area contributed by atoms with Gasteiger partial charge in [0.1, 0.15) is 5.82 Å². The van der Waals surface area contributed by atoms with E-state index >= 15 is 0 Å². The molecule has 0 saturated carbocycles. The summed E-state index contributed by atoms with van der Waals surface area (Å²) in [6.45, 7) is 6.71. The maximum Gasteiger partial charge on any atom is 0.191 e. The summed E-state index contributed by atoms with van der Waals surface area (Å²) >= 11 is 1.64. The summed E-state index contributed by atoms with van der Waals surface area (Å²) in [5, 5.41) is 24.7. The fourth-order valence-electron chi connectivity index (χ4n) is 3.05. The van der Waals surface area contributed by atoms with E-state index in [-0.39, 0.29) is 0 Å². The van der Waals surface area contributed by atoms with Crippen LogP contribution in [0.2, 0.25) is 0 Å². The van der Waals surface area contributed by atoms with E-state index in [9.17, 15) is 0 Å². The number of pyridine rings is 1. The lowest BCUT2D eigenvalue weighted by atomic mass is 10.2. The lowest BCUT2D eigenvalue weighted by molar-refractivity contribution is 0.477. The van der Waals surface area contributed by atoms with Gasteiger partial charge >= 0.3 is 0 Å². The SMILES string of the molecule is CN=C(NCCCc1nnc(SC)n1CC(C)C)NCc1nnc2ccccn12. The molecule has 3 rings (SSSR count). The van der Waals surface area contributed by atoms with E-state index in [4.69, 9.17) is 0 Å². The Morgan fingerprint density at radius 1 is 1.14 bits per heavy atom. The lowest BCUT2D eigenvalue weighted by Crippen LogP contribution is -2.37. The summed E-state index contributed by atoms with van der Waals surface area (Å²) in [6.07, 6.45) is 5.82. The second-order valence-corrected chi connectivity index (χ2v) is 7.88. The Labute approximate surface area is 175 Å². The number of rotatable bonds is 9. The van der Waals surface area contributed by atoms with Crippen LogP contribution in [0.4, 0.5) is 0 Å². The van der Waals surface area contributed by atoms with Crippen molar-refractivity contribution in [3.8, 4) is 0 Å². The fourth-order valence-corrected chi connectivity index (χ4v) is 3.57. The molecule has 0 aliphatic rings. The highest BCUT2D eigenvalue weighted by atomic mass is 32.2. The Morgan fingerprint density at radius 2 is 1.97 bits per heavy atom. The van der Waals surface area contributed by atoms with Crippen LogP contribution in [0.3, 0.4) is 0 Å². The van der Waals surface area contributed by atoms with Crippen LogP contribution in [-0.4, -0.2) is 55.2 Å². The van der Waals surface area contributed by atoms with Crippen LogP contribution in [0, 0.1) is 5.92 Å². The number of aliphatic imine (C=N–C) groups is 1. The lowest BCUT2D eigenvalue weighted by Gasteiger charge is -2.13. The standard InChI is InChI=1S/C19H29N9S/c1-14(2)13-28-16(24-26-19(28)29-4)9-7-10-21-18(20-3)22-12-17-25-23-15-8-5-6-11-27(15)17/h5-6,8,11,14H,7,9-10,12-13H2,1-4H3,(H2,20,21,22).